The fourth-order valence-corrected chi connectivity index (χ4v) is 6.67. The fraction of sp³-hybridized carbons (Fsp3) is 0.211. The summed E-state index contributed by atoms with van der Waals surface area (Å²) in [7, 11) is -8.88. The number of rotatable bonds is 9. The predicted octanol–water partition coefficient (Wildman–Crippen LogP) is 3.26. The Morgan fingerprint density at radius 1 is 1.21 bits per heavy atom. The van der Waals surface area contributed by atoms with E-state index in [-0.39, 0.29) is 44.3 Å². The van der Waals surface area contributed by atoms with E-state index in [0.29, 0.717) is 17.0 Å². The summed E-state index contributed by atoms with van der Waals surface area (Å²) in [5.74, 6) is -1.24. The van der Waals surface area contributed by atoms with Crippen molar-refractivity contribution < 1.29 is 36.3 Å². The molecule has 0 aliphatic heterocycles. The van der Waals surface area contributed by atoms with Crippen molar-refractivity contribution in [2.45, 2.75) is 11.1 Å². The highest BCUT2D eigenvalue weighted by molar-refractivity contribution is 7.92. The second-order valence-corrected chi connectivity index (χ2v) is 11.5. The van der Waals surface area contributed by atoms with Crippen molar-refractivity contribution in [3.8, 4) is 11.8 Å². The lowest BCUT2D eigenvalue weighted by Gasteiger charge is -2.10. The van der Waals surface area contributed by atoms with Gasteiger partial charge in [-0.25, -0.2) is 17.2 Å². The summed E-state index contributed by atoms with van der Waals surface area (Å²) in [6, 6.07) is 8.32. The Kier molecular flexibility index (Phi) is 7.38. The van der Waals surface area contributed by atoms with E-state index >= 15 is 0 Å². The maximum atomic E-state index is 14.6. The van der Waals surface area contributed by atoms with Gasteiger partial charge >= 0.3 is 7.60 Å². The summed E-state index contributed by atoms with van der Waals surface area (Å²) in [4.78, 5) is 17.8. The Labute approximate surface area is 191 Å². The number of anilines is 1. The van der Waals surface area contributed by atoms with E-state index in [4.69, 9.17) is 19.8 Å². The summed E-state index contributed by atoms with van der Waals surface area (Å²) in [6.45, 7) is 1.76. The van der Waals surface area contributed by atoms with Crippen LogP contribution in [-0.2, 0) is 14.6 Å². The molecular weight excluding hydrogens is 499 g/mol. The van der Waals surface area contributed by atoms with Crippen LogP contribution in [0.25, 0.3) is 10.1 Å². The molecule has 0 radical (unpaired) electrons. The van der Waals surface area contributed by atoms with Crippen LogP contribution in [0.15, 0.2) is 34.5 Å². The molecule has 0 amide bonds. The Bertz CT molecular complexity index is 1400. The third kappa shape index (κ3) is 6.05. The van der Waals surface area contributed by atoms with Crippen LogP contribution in [0.4, 0.5) is 14.5 Å². The summed E-state index contributed by atoms with van der Waals surface area (Å²) >= 11 is 0.642. The number of aryl methyl sites for hydroxylation is 1. The molecule has 0 unspecified atom stereocenters. The molecule has 3 rings (SSSR count). The molecule has 0 saturated heterocycles. The van der Waals surface area contributed by atoms with Gasteiger partial charge in [-0.05, 0) is 36.8 Å². The maximum absolute atomic E-state index is 14.6. The van der Waals surface area contributed by atoms with E-state index in [1.54, 1.807) is 6.07 Å². The first kappa shape index (κ1) is 25.0. The van der Waals surface area contributed by atoms with Gasteiger partial charge in [0.15, 0.2) is 0 Å². The number of fused-ring (bicyclic) bond motifs is 1. The van der Waals surface area contributed by atoms with Crippen LogP contribution >= 0.6 is 18.9 Å². The maximum Gasteiger partial charge on any atom is 0.340 e. The van der Waals surface area contributed by atoms with E-state index in [9.17, 15) is 21.8 Å². The van der Waals surface area contributed by atoms with Crippen LogP contribution in [0.2, 0.25) is 0 Å². The first-order valence-corrected chi connectivity index (χ1v) is 13.3. The van der Waals surface area contributed by atoms with Crippen LogP contribution in [0.5, 0.6) is 5.75 Å². The minimum atomic E-state index is -4.62. The zero-order valence-electron chi connectivity index (χ0n) is 17.0. The van der Waals surface area contributed by atoms with Crippen LogP contribution in [-0.4, -0.2) is 37.6 Å². The highest BCUT2D eigenvalue weighted by Crippen LogP contribution is 2.39. The van der Waals surface area contributed by atoms with Gasteiger partial charge in [0.05, 0.1) is 10.3 Å². The molecule has 0 saturated carbocycles. The smallest absolute Gasteiger partial charge is 0.340 e. The summed E-state index contributed by atoms with van der Waals surface area (Å²) in [5.41, 5.74) is 0.567. The van der Waals surface area contributed by atoms with Crippen LogP contribution < -0.4 is 14.8 Å². The van der Waals surface area contributed by atoms with Gasteiger partial charge in [-0.3, -0.25) is 4.57 Å². The molecule has 0 atom stereocenters. The topological polar surface area (TPSA) is 149 Å². The van der Waals surface area contributed by atoms with E-state index in [2.05, 4.69) is 5.32 Å². The van der Waals surface area contributed by atoms with Crippen molar-refractivity contribution in [3.05, 3.63) is 53.1 Å². The SMILES string of the molecule is Cc1c(S(=O)(=O)NCP(=O)(O)O)sc2c(F)cc(OCCNc3ccc(C#N)c(F)c3)cc12. The van der Waals surface area contributed by atoms with Gasteiger partial charge in [0, 0.05) is 23.7 Å². The van der Waals surface area contributed by atoms with E-state index in [1.807, 2.05) is 4.72 Å². The largest absolute Gasteiger partial charge is 0.492 e. The fourth-order valence-electron chi connectivity index (χ4n) is 2.88. The molecule has 0 fully saturated rings. The van der Waals surface area contributed by atoms with E-state index < -0.39 is 35.5 Å². The lowest BCUT2D eigenvalue weighted by molar-refractivity contribution is 0.331. The molecule has 9 nitrogen and oxygen atoms in total. The lowest BCUT2D eigenvalue weighted by atomic mass is 10.2. The molecule has 1 aromatic heterocycles. The molecule has 176 valence electrons. The zero-order chi connectivity index (χ0) is 24.4. The number of hydrogen-bond donors (Lipinski definition) is 4. The molecule has 0 aliphatic rings. The molecule has 0 aliphatic carbocycles. The first-order chi connectivity index (χ1) is 15.4. The quantitative estimate of drug-likeness (QED) is 0.250. The number of nitriles is 1. The Morgan fingerprint density at radius 2 is 1.94 bits per heavy atom. The van der Waals surface area contributed by atoms with Crippen molar-refractivity contribution in [3.63, 3.8) is 0 Å². The van der Waals surface area contributed by atoms with E-state index in [0.717, 1.165) is 6.07 Å². The minimum Gasteiger partial charge on any atom is -0.492 e. The second kappa shape index (κ2) is 9.72. The molecule has 14 heteroatoms. The standard InChI is InChI=1S/C19H18F2N3O6PS2/c1-11-15-7-14(30-5-4-23-13-3-2-12(9-22)16(20)6-13)8-17(21)18(15)32-19(11)33(28,29)24-10-31(25,26)27/h2-3,6-8,23-24H,4-5,10H2,1H3,(H2,25,26,27). The number of sulfonamides is 1. The number of nitrogens with one attached hydrogen (secondary N) is 2. The van der Waals surface area contributed by atoms with Gasteiger partial charge in [0.1, 0.15) is 40.6 Å². The van der Waals surface area contributed by atoms with Gasteiger partial charge in [0.2, 0.25) is 0 Å². The molecule has 0 spiro atoms. The number of benzene rings is 2. The number of nitrogens with zero attached hydrogens (tertiary/aromatic N) is 1. The predicted molar refractivity (Wildman–Crippen MR) is 119 cm³/mol. The third-order valence-corrected chi connectivity index (χ3v) is 8.54. The van der Waals surface area contributed by atoms with Crippen LogP contribution in [0.1, 0.15) is 11.1 Å². The van der Waals surface area contributed by atoms with Crippen molar-refractivity contribution in [2.75, 3.05) is 24.8 Å². The summed E-state index contributed by atoms with van der Waals surface area (Å²) in [5, 5.41) is 11.9. The molecular formula is C19H18F2N3O6PS2. The number of thiophene rings is 1. The minimum absolute atomic E-state index is 0.0580. The second-order valence-electron chi connectivity index (χ2n) is 6.85. The normalized spacial score (nSPS) is 12.0. The molecule has 1 heterocycles. The average Bonchev–Trinajstić information content (AvgIpc) is 3.08. The lowest BCUT2D eigenvalue weighted by Crippen LogP contribution is -2.24. The Hall–Kier alpha value is -2.59. The van der Waals surface area contributed by atoms with Gasteiger partial charge in [0.25, 0.3) is 10.0 Å². The molecule has 4 N–H and O–H groups in total. The number of ether oxygens (including phenoxy) is 1. The Morgan fingerprint density at radius 3 is 2.58 bits per heavy atom. The molecule has 33 heavy (non-hydrogen) atoms. The summed E-state index contributed by atoms with van der Waals surface area (Å²) < 4.78 is 71.2. The zero-order valence-corrected chi connectivity index (χ0v) is 19.5. The molecule has 2 aromatic carbocycles. The molecule has 3 aromatic rings. The Balaban J connectivity index is 1.72. The highest BCUT2D eigenvalue weighted by atomic mass is 32.2. The highest BCUT2D eigenvalue weighted by Gasteiger charge is 2.26. The first-order valence-electron chi connectivity index (χ1n) is 9.24. The van der Waals surface area contributed by atoms with Crippen molar-refractivity contribution >= 4 is 44.7 Å². The van der Waals surface area contributed by atoms with Crippen molar-refractivity contribution in [1.82, 2.24) is 4.72 Å². The van der Waals surface area contributed by atoms with Crippen molar-refractivity contribution in [2.24, 2.45) is 0 Å². The summed E-state index contributed by atoms with van der Waals surface area (Å²) in [6.07, 6.45) is -1.07. The number of hydrogen-bond acceptors (Lipinski definition) is 7. The van der Waals surface area contributed by atoms with E-state index in [1.165, 1.54) is 31.2 Å². The van der Waals surface area contributed by atoms with Gasteiger partial charge in [-0.2, -0.15) is 9.98 Å². The van der Waals surface area contributed by atoms with Gasteiger partial charge in [-0.1, -0.05) is 0 Å². The van der Waals surface area contributed by atoms with Crippen LogP contribution in [0.3, 0.4) is 0 Å². The third-order valence-electron chi connectivity index (χ3n) is 4.42. The molecule has 0 bridgehead atoms. The number of halogens is 2. The van der Waals surface area contributed by atoms with Crippen molar-refractivity contribution in [1.29, 1.82) is 5.26 Å². The monoisotopic (exact) mass is 517 g/mol. The average molecular weight is 517 g/mol. The van der Waals surface area contributed by atoms with Gasteiger partial charge in [-0.15, -0.1) is 11.3 Å². The van der Waals surface area contributed by atoms with Crippen LogP contribution in [0, 0.1) is 29.9 Å². The van der Waals surface area contributed by atoms with Gasteiger partial charge < -0.3 is 19.8 Å².